The monoisotopic (exact) mass is 432 g/mol. The van der Waals surface area contributed by atoms with Gasteiger partial charge in [-0.15, -0.1) is 0 Å². The summed E-state index contributed by atoms with van der Waals surface area (Å²) in [5, 5.41) is 4.19. The van der Waals surface area contributed by atoms with E-state index in [4.69, 9.17) is 10.5 Å². The van der Waals surface area contributed by atoms with E-state index in [1.807, 2.05) is 11.0 Å². The third-order valence-corrected chi connectivity index (χ3v) is 5.93. The number of rotatable bonds is 6. The number of ether oxygens (including phenoxy) is 1. The highest BCUT2D eigenvalue weighted by Gasteiger charge is 2.24. The fourth-order valence-corrected chi connectivity index (χ4v) is 4.15. The Kier molecular flexibility index (Phi) is 6.54. The molecular weight excluding hydrogens is 404 g/mol. The molecule has 2 aromatic carbocycles. The fraction of sp³-hybridized carbons (Fsp3) is 0.320. The van der Waals surface area contributed by atoms with Gasteiger partial charge in [-0.2, -0.15) is 5.10 Å². The number of aromatic nitrogens is 2. The SMILES string of the molecule is CCOC(=O)c1cnn(-c2ccc(C(=O)N3CCC(Cc4ccccc4)CC3)cc2)c1N. The molecule has 0 bridgehead atoms. The Morgan fingerprint density at radius 2 is 1.75 bits per heavy atom. The molecule has 0 aliphatic carbocycles. The maximum Gasteiger partial charge on any atom is 0.343 e. The normalized spacial score (nSPS) is 14.3. The van der Waals surface area contributed by atoms with E-state index in [2.05, 4.69) is 29.4 Å². The number of esters is 1. The molecule has 3 aromatic rings. The minimum absolute atomic E-state index is 0.0374. The van der Waals surface area contributed by atoms with Crippen LogP contribution in [-0.4, -0.2) is 46.3 Å². The summed E-state index contributed by atoms with van der Waals surface area (Å²) < 4.78 is 6.46. The Morgan fingerprint density at radius 1 is 1.06 bits per heavy atom. The van der Waals surface area contributed by atoms with Gasteiger partial charge in [-0.05, 0) is 61.9 Å². The lowest BCUT2D eigenvalue weighted by atomic mass is 9.90. The lowest BCUT2D eigenvalue weighted by Crippen LogP contribution is -2.38. The van der Waals surface area contributed by atoms with Crippen LogP contribution in [0.15, 0.2) is 60.8 Å². The van der Waals surface area contributed by atoms with Crippen LogP contribution >= 0.6 is 0 Å². The number of nitrogens with two attached hydrogens (primary N) is 1. The standard InChI is InChI=1S/C25H28N4O3/c1-2-32-25(31)22-17-27-29(23(22)26)21-10-8-20(9-11-21)24(30)28-14-12-19(13-15-28)16-18-6-4-3-5-7-18/h3-11,17,19H,2,12-16,26H2,1H3. The van der Waals surface area contributed by atoms with Crippen LogP contribution in [0.5, 0.6) is 0 Å². The number of carbonyl (C=O) groups is 2. The largest absolute Gasteiger partial charge is 0.462 e. The molecule has 1 aliphatic heterocycles. The molecule has 7 heteroatoms. The van der Waals surface area contributed by atoms with Gasteiger partial charge in [-0.1, -0.05) is 30.3 Å². The van der Waals surface area contributed by atoms with Crippen molar-refractivity contribution >= 4 is 17.7 Å². The van der Waals surface area contributed by atoms with Gasteiger partial charge in [-0.25, -0.2) is 9.48 Å². The number of nitrogens with zero attached hydrogens (tertiary/aromatic N) is 3. The smallest absolute Gasteiger partial charge is 0.343 e. The second kappa shape index (κ2) is 9.68. The summed E-state index contributed by atoms with van der Waals surface area (Å²) >= 11 is 0. The predicted molar refractivity (Wildman–Crippen MR) is 123 cm³/mol. The minimum atomic E-state index is -0.501. The van der Waals surface area contributed by atoms with Crippen molar-refractivity contribution in [3.63, 3.8) is 0 Å². The molecular formula is C25H28N4O3. The van der Waals surface area contributed by atoms with Crippen LogP contribution in [-0.2, 0) is 11.2 Å². The Bertz CT molecular complexity index is 1070. The molecule has 2 heterocycles. The summed E-state index contributed by atoms with van der Waals surface area (Å²) in [7, 11) is 0. The van der Waals surface area contributed by atoms with E-state index in [9.17, 15) is 9.59 Å². The van der Waals surface area contributed by atoms with E-state index in [0.29, 0.717) is 17.2 Å². The van der Waals surface area contributed by atoms with Gasteiger partial charge in [0.05, 0.1) is 18.5 Å². The summed E-state index contributed by atoms with van der Waals surface area (Å²) in [4.78, 5) is 26.8. The third-order valence-electron chi connectivity index (χ3n) is 5.93. The van der Waals surface area contributed by atoms with Crippen LogP contribution in [0.2, 0.25) is 0 Å². The average Bonchev–Trinajstić information content (AvgIpc) is 3.21. The van der Waals surface area contributed by atoms with Crippen molar-refractivity contribution in [1.29, 1.82) is 0 Å². The number of hydrogen-bond donors (Lipinski definition) is 1. The highest BCUT2D eigenvalue weighted by molar-refractivity contribution is 5.95. The van der Waals surface area contributed by atoms with Crippen molar-refractivity contribution in [2.24, 2.45) is 5.92 Å². The summed E-state index contributed by atoms with van der Waals surface area (Å²) in [6, 6.07) is 17.6. The van der Waals surface area contributed by atoms with Crippen molar-refractivity contribution in [2.45, 2.75) is 26.2 Å². The molecule has 0 atom stereocenters. The second-order valence-electron chi connectivity index (χ2n) is 8.05. The Hall–Kier alpha value is -3.61. The van der Waals surface area contributed by atoms with Crippen LogP contribution in [0.25, 0.3) is 5.69 Å². The number of amides is 1. The zero-order valence-electron chi connectivity index (χ0n) is 18.2. The molecule has 0 spiro atoms. The van der Waals surface area contributed by atoms with Gasteiger partial charge in [0.2, 0.25) is 0 Å². The summed E-state index contributed by atoms with van der Waals surface area (Å²) in [6.07, 6.45) is 4.49. The van der Waals surface area contributed by atoms with Crippen molar-refractivity contribution < 1.29 is 14.3 Å². The van der Waals surface area contributed by atoms with E-state index in [-0.39, 0.29) is 23.9 Å². The van der Waals surface area contributed by atoms with Crippen LogP contribution in [0.1, 0.15) is 46.0 Å². The molecule has 1 aromatic heterocycles. The lowest BCUT2D eigenvalue weighted by Gasteiger charge is -2.32. The van der Waals surface area contributed by atoms with Gasteiger partial charge in [-0.3, -0.25) is 4.79 Å². The molecule has 0 saturated carbocycles. The Balaban J connectivity index is 1.37. The number of nitrogen functional groups attached to an aromatic ring is 1. The van der Waals surface area contributed by atoms with E-state index < -0.39 is 5.97 Å². The predicted octanol–water partition coefficient (Wildman–Crippen LogP) is 3.73. The molecule has 1 saturated heterocycles. The van der Waals surface area contributed by atoms with Crippen molar-refractivity contribution in [2.75, 3.05) is 25.4 Å². The molecule has 0 unspecified atom stereocenters. The number of anilines is 1. The molecule has 166 valence electrons. The van der Waals surface area contributed by atoms with E-state index >= 15 is 0 Å². The second-order valence-corrected chi connectivity index (χ2v) is 8.05. The zero-order valence-corrected chi connectivity index (χ0v) is 18.2. The topological polar surface area (TPSA) is 90.4 Å². The highest BCUT2D eigenvalue weighted by atomic mass is 16.5. The van der Waals surface area contributed by atoms with Crippen molar-refractivity contribution in [1.82, 2.24) is 14.7 Å². The maximum atomic E-state index is 13.0. The first-order valence-corrected chi connectivity index (χ1v) is 11.0. The molecule has 32 heavy (non-hydrogen) atoms. The molecule has 1 fully saturated rings. The average molecular weight is 433 g/mol. The molecule has 1 amide bonds. The Labute approximate surface area is 187 Å². The maximum absolute atomic E-state index is 13.0. The van der Waals surface area contributed by atoms with E-state index in [1.165, 1.54) is 16.4 Å². The van der Waals surface area contributed by atoms with Gasteiger partial charge in [0.1, 0.15) is 11.4 Å². The summed E-state index contributed by atoms with van der Waals surface area (Å²) in [5.41, 5.74) is 8.97. The Morgan fingerprint density at radius 3 is 2.41 bits per heavy atom. The lowest BCUT2D eigenvalue weighted by molar-refractivity contribution is 0.0527. The summed E-state index contributed by atoms with van der Waals surface area (Å²) in [6.45, 7) is 3.55. The van der Waals surface area contributed by atoms with Crippen LogP contribution in [0.4, 0.5) is 5.82 Å². The molecule has 2 N–H and O–H groups in total. The van der Waals surface area contributed by atoms with Gasteiger partial charge in [0.15, 0.2) is 0 Å². The van der Waals surface area contributed by atoms with Crippen LogP contribution in [0, 0.1) is 5.92 Å². The fourth-order valence-electron chi connectivity index (χ4n) is 4.15. The van der Waals surface area contributed by atoms with Crippen LogP contribution in [0.3, 0.4) is 0 Å². The van der Waals surface area contributed by atoms with Crippen LogP contribution < -0.4 is 5.73 Å². The van der Waals surface area contributed by atoms with E-state index in [1.54, 1.807) is 31.2 Å². The quantitative estimate of drug-likeness (QED) is 0.600. The first kappa shape index (κ1) is 21.6. The first-order valence-electron chi connectivity index (χ1n) is 11.0. The third kappa shape index (κ3) is 4.66. The van der Waals surface area contributed by atoms with Gasteiger partial charge >= 0.3 is 5.97 Å². The zero-order chi connectivity index (χ0) is 22.5. The number of likely N-dealkylation sites (tertiary alicyclic amines) is 1. The molecule has 4 rings (SSSR count). The number of piperidine rings is 1. The highest BCUT2D eigenvalue weighted by Crippen LogP contribution is 2.24. The van der Waals surface area contributed by atoms with Gasteiger partial charge in [0.25, 0.3) is 5.91 Å². The molecule has 1 aliphatic rings. The number of benzene rings is 2. The van der Waals surface area contributed by atoms with Gasteiger partial charge in [0, 0.05) is 18.7 Å². The van der Waals surface area contributed by atoms with Gasteiger partial charge < -0.3 is 15.4 Å². The first-order chi connectivity index (χ1) is 15.6. The van der Waals surface area contributed by atoms with Crippen molar-refractivity contribution in [3.05, 3.63) is 77.5 Å². The van der Waals surface area contributed by atoms with E-state index in [0.717, 1.165) is 32.4 Å². The summed E-state index contributed by atoms with van der Waals surface area (Å²) in [5.74, 6) is 0.359. The number of carbonyl (C=O) groups excluding carboxylic acids is 2. The number of hydrogen-bond acceptors (Lipinski definition) is 5. The molecule has 0 radical (unpaired) electrons. The molecule has 7 nitrogen and oxygen atoms in total. The van der Waals surface area contributed by atoms with Crippen molar-refractivity contribution in [3.8, 4) is 5.69 Å². The minimum Gasteiger partial charge on any atom is -0.462 e.